The second-order valence-electron chi connectivity index (χ2n) is 5.35. The van der Waals surface area contributed by atoms with E-state index >= 15 is 0 Å². The van der Waals surface area contributed by atoms with Crippen LogP contribution in [-0.4, -0.2) is 46.0 Å². The maximum Gasteiger partial charge on any atom is 0.211 e. The van der Waals surface area contributed by atoms with Gasteiger partial charge in [0.15, 0.2) is 0 Å². The topological polar surface area (TPSA) is 67.4 Å². The van der Waals surface area contributed by atoms with Crippen LogP contribution >= 0.6 is 0 Å². The van der Waals surface area contributed by atoms with Crippen LogP contribution in [0.15, 0.2) is 0 Å². The Bertz CT molecular complexity index is 330. The van der Waals surface area contributed by atoms with Gasteiger partial charge < -0.3 is 10.1 Å². The first-order valence-electron chi connectivity index (χ1n) is 6.72. The highest BCUT2D eigenvalue weighted by Gasteiger charge is 2.25. The highest BCUT2D eigenvalue weighted by atomic mass is 32.2. The SMILES string of the molecule is CC(C)NCCCS(=O)(=O)NC1CCOCC1C. The van der Waals surface area contributed by atoms with Crippen LogP contribution in [-0.2, 0) is 14.8 Å². The van der Waals surface area contributed by atoms with Crippen molar-refractivity contribution < 1.29 is 13.2 Å². The summed E-state index contributed by atoms with van der Waals surface area (Å²) in [4.78, 5) is 0. The molecule has 1 fully saturated rings. The predicted molar refractivity (Wildman–Crippen MR) is 73.1 cm³/mol. The zero-order valence-corrected chi connectivity index (χ0v) is 12.4. The fraction of sp³-hybridized carbons (Fsp3) is 1.00. The molecule has 0 aromatic rings. The number of sulfonamides is 1. The Morgan fingerprint density at radius 3 is 2.72 bits per heavy atom. The molecule has 1 heterocycles. The van der Waals surface area contributed by atoms with Crippen molar-refractivity contribution in [2.45, 2.75) is 45.7 Å². The van der Waals surface area contributed by atoms with Crippen LogP contribution in [0.4, 0.5) is 0 Å². The van der Waals surface area contributed by atoms with Crippen LogP contribution in [0.3, 0.4) is 0 Å². The molecule has 1 rings (SSSR count). The summed E-state index contributed by atoms with van der Waals surface area (Å²) in [6.07, 6.45) is 1.41. The number of nitrogens with one attached hydrogen (secondary N) is 2. The smallest absolute Gasteiger partial charge is 0.211 e. The van der Waals surface area contributed by atoms with Crippen LogP contribution in [0, 0.1) is 5.92 Å². The van der Waals surface area contributed by atoms with Crippen molar-refractivity contribution in [1.82, 2.24) is 10.0 Å². The standard InChI is InChI=1S/C12H26N2O3S/c1-10(2)13-6-4-8-18(15,16)14-12-5-7-17-9-11(12)3/h10-14H,4-9H2,1-3H3. The first kappa shape index (κ1) is 15.9. The summed E-state index contributed by atoms with van der Waals surface area (Å²) < 4.78 is 31.9. The van der Waals surface area contributed by atoms with E-state index in [1.807, 2.05) is 6.92 Å². The minimum absolute atomic E-state index is 0.0295. The molecule has 6 heteroatoms. The number of hydrogen-bond acceptors (Lipinski definition) is 4. The maximum absolute atomic E-state index is 11.9. The molecule has 1 aliphatic rings. The maximum atomic E-state index is 11.9. The second kappa shape index (κ2) is 7.43. The van der Waals surface area contributed by atoms with E-state index in [0.717, 1.165) is 13.0 Å². The Morgan fingerprint density at radius 2 is 2.11 bits per heavy atom. The number of ether oxygens (including phenoxy) is 1. The van der Waals surface area contributed by atoms with Gasteiger partial charge in [0.2, 0.25) is 10.0 Å². The molecule has 2 atom stereocenters. The number of hydrogen-bond donors (Lipinski definition) is 2. The third-order valence-corrected chi connectivity index (χ3v) is 4.60. The van der Waals surface area contributed by atoms with Gasteiger partial charge in [0.1, 0.15) is 0 Å². The lowest BCUT2D eigenvalue weighted by atomic mass is 9.99. The van der Waals surface area contributed by atoms with Crippen molar-refractivity contribution >= 4 is 10.0 Å². The van der Waals surface area contributed by atoms with Crippen molar-refractivity contribution in [2.75, 3.05) is 25.5 Å². The molecule has 0 saturated carbocycles. The molecule has 108 valence electrons. The Kier molecular flexibility index (Phi) is 6.55. The molecule has 5 nitrogen and oxygen atoms in total. The first-order valence-corrected chi connectivity index (χ1v) is 8.37. The molecule has 2 N–H and O–H groups in total. The van der Waals surface area contributed by atoms with Crippen molar-refractivity contribution in [3.8, 4) is 0 Å². The van der Waals surface area contributed by atoms with Crippen LogP contribution < -0.4 is 10.0 Å². The third kappa shape index (κ3) is 6.13. The van der Waals surface area contributed by atoms with Crippen LogP contribution in [0.5, 0.6) is 0 Å². The monoisotopic (exact) mass is 278 g/mol. The van der Waals surface area contributed by atoms with Gasteiger partial charge in [0.05, 0.1) is 12.4 Å². The van der Waals surface area contributed by atoms with Gasteiger partial charge in [-0.2, -0.15) is 0 Å². The molecule has 2 unspecified atom stereocenters. The lowest BCUT2D eigenvalue weighted by Gasteiger charge is -2.29. The van der Waals surface area contributed by atoms with Crippen molar-refractivity contribution in [1.29, 1.82) is 0 Å². The Morgan fingerprint density at radius 1 is 1.39 bits per heavy atom. The summed E-state index contributed by atoms with van der Waals surface area (Å²) in [7, 11) is -3.16. The van der Waals surface area contributed by atoms with Gasteiger partial charge in [-0.05, 0) is 25.3 Å². The van der Waals surface area contributed by atoms with Crippen molar-refractivity contribution in [2.24, 2.45) is 5.92 Å². The molecule has 0 aliphatic carbocycles. The lowest BCUT2D eigenvalue weighted by molar-refractivity contribution is 0.0450. The predicted octanol–water partition coefficient (Wildman–Crippen LogP) is 0.719. The summed E-state index contributed by atoms with van der Waals surface area (Å²) in [5, 5.41) is 3.22. The van der Waals surface area contributed by atoms with E-state index in [4.69, 9.17) is 4.74 Å². The molecule has 1 saturated heterocycles. The molecule has 18 heavy (non-hydrogen) atoms. The van der Waals surface area contributed by atoms with Crippen molar-refractivity contribution in [3.05, 3.63) is 0 Å². The van der Waals surface area contributed by atoms with E-state index in [9.17, 15) is 8.42 Å². The Labute approximate surface area is 111 Å². The molecule has 0 aromatic heterocycles. The molecule has 1 aliphatic heterocycles. The summed E-state index contributed by atoms with van der Waals surface area (Å²) >= 11 is 0. The van der Waals surface area contributed by atoms with E-state index in [1.165, 1.54) is 0 Å². The van der Waals surface area contributed by atoms with E-state index in [0.29, 0.717) is 25.7 Å². The minimum atomic E-state index is -3.16. The first-order chi connectivity index (χ1) is 8.41. The van der Waals surface area contributed by atoms with Crippen molar-refractivity contribution in [3.63, 3.8) is 0 Å². The molecule has 0 spiro atoms. The quantitative estimate of drug-likeness (QED) is 0.673. The normalized spacial score (nSPS) is 25.6. The van der Waals surface area contributed by atoms with Gasteiger partial charge in [0, 0.05) is 18.7 Å². The lowest BCUT2D eigenvalue weighted by Crippen LogP contribution is -2.45. The zero-order valence-electron chi connectivity index (χ0n) is 11.6. The van der Waals surface area contributed by atoms with Gasteiger partial charge in [-0.25, -0.2) is 13.1 Å². The Hall–Kier alpha value is -0.170. The summed E-state index contributed by atoms with van der Waals surface area (Å²) in [5.74, 6) is 0.443. The highest BCUT2D eigenvalue weighted by Crippen LogP contribution is 2.14. The van der Waals surface area contributed by atoms with E-state index < -0.39 is 10.0 Å². The third-order valence-electron chi connectivity index (χ3n) is 3.11. The van der Waals surface area contributed by atoms with Crippen LogP contribution in [0.1, 0.15) is 33.6 Å². The van der Waals surface area contributed by atoms with Gasteiger partial charge in [-0.1, -0.05) is 20.8 Å². The summed E-state index contributed by atoms with van der Waals surface area (Å²) in [5.41, 5.74) is 0. The summed E-state index contributed by atoms with van der Waals surface area (Å²) in [6, 6.07) is 0.429. The van der Waals surface area contributed by atoms with Gasteiger partial charge in [-0.3, -0.25) is 0 Å². The van der Waals surface area contributed by atoms with Gasteiger partial charge in [-0.15, -0.1) is 0 Å². The molecule has 0 radical (unpaired) electrons. The molecular weight excluding hydrogens is 252 g/mol. The minimum Gasteiger partial charge on any atom is -0.381 e. The fourth-order valence-electron chi connectivity index (χ4n) is 2.00. The average molecular weight is 278 g/mol. The summed E-state index contributed by atoms with van der Waals surface area (Å²) in [6.45, 7) is 8.15. The van der Waals surface area contributed by atoms with Crippen LogP contribution in [0.2, 0.25) is 0 Å². The second-order valence-corrected chi connectivity index (χ2v) is 7.22. The Balaban J connectivity index is 2.30. The molecule has 0 amide bonds. The van der Waals surface area contributed by atoms with E-state index in [2.05, 4.69) is 23.9 Å². The van der Waals surface area contributed by atoms with Gasteiger partial charge in [0.25, 0.3) is 0 Å². The fourth-order valence-corrected chi connectivity index (χ4v) is 3.45. The van der Waals surface area contributed by atoms with Gasteiger partial charge >= 0.3 is 0 Å². The largest absolute Gasteiger partial charge is 0.381 e. The van der Waals surface area contributed by atoms with Crippen LogP contribution in [0.25, 0.3) is 0 Å². The highest BCUT2D eigenvalue weighted by molar-refractivity contribution is 7.89. The van der Waals surface area contributed by atoms with E-state index in [1.54, 1.807) is 0 Å². The number of rotatable bonds is 7. The average Bonchev–Trinajstić information content (AvgIpc) is 2.27. The van der Waals surface area contributed by atoms with E-state index in [-0.39, 0.29) is 17.7 Å². The molecular formula is C12H26N2O3S. The molecule has 0 bridgehead atoms. The molecule has 0 aromatic carbocycles. The zero-order chi connectivity index (χ0) is 13.6.